The van der Waals surface area contributed by atoms with Gasteiger partial charge in [0.2, 0.25) is 10.0 Å². The van der Waals surface area contributed by atoms with Crippen LogP contribution in [-0.4, -0.2) is 45.0 Å². The molecule has 1 fully saturated rings. The van der Waals surface area contributed by atoms with Crippen LogP contribution in [0, 0.1) is 0 Å². The first kappa shape index (κ1) is 19.9. The first-order valence-electron chi connectivity index (χ1n) is 9.84. The Hall–Kier alpha value is -2.42. The largest absolute Gasteiger partial charge is 0.479 e. The summed E-state index contributed by atoms with van der Waals surface area (Å²) in [7, 11) is -3.74. The number of likely N-dealkylation sites (tertiary alicyclic amines) is 1. The van der Waals surface area contributed by atoms with Gasteiger partial charge < -0.3 is 10.1 Å². The van der Waals surface area contributed by atoms with Crippen molar-refractivity contribution in [1.82, 2.24) is 9.62 Å². The van der Waals surface area contributed by atoms with E-state index < -0.39 is 16.1 Å². The van der Waals surface area contributed by atoms with Gasteiger partial charge >= 0.3 is 0 Å². The zero-order valence-electron chi connectivity index (χ0n) is 16.3. The van der Waals surface area contributed by atoms with Gasteiger partial charge in [0, 0.05) is 12.6 Å². The lowest BCUT2D eigenvalue weighted by molar-refractivity contribution is -0.122. The van der Waals surface area contributed by atoms with E-state index in [1.807, 2.05) is 30.3 Å². The molecule has 7 nitrogen and oxygen atoms in total. The highest BCUT2D eigenvalue weighted by Crippen LogP contribution is 2.32. The summed E-state index contributed by atoms with van der Waals surface area (Å²) in [5.74, 6) is 0.175. The molecule has 2 aliphatic heterocycles. The number of hydrogen-bond donors (Lipinski definition) is 2. The fourth-order valence-electron chi connectivity index (χ4n) is 3.81. The minimum Gasteiger partial charge on any atom is -0.479 e. The van der Waals surface area contributed by atoms with Crippen LogP contribution in [0.15, 0.2) is 53.4 Å². The van der Waals surface area contributed by atoms with Crippen molar-refractivity contribution in [1.29, 1.82) is 0 Å². The Labute approximate surface area is 171 Å². The molecule has 1 saturated heterocycles. The zero-order valence-corrected chi connectivity index (χ0v) is 17.1. The fourth-order valence-corrected chi connectivity index (χ4v) is 4.88. The van der Waals surface area contributed by atoms with Crippen LogP contribution in [0.5, 0.6) is 5.75 Å². The van der Waals surface area contributed by atoms with Crippen molar-refractivity contribution in [2.75, 3.05) is 25.0 Å². The predicted molar refractivity (Wildman–Crippen MR) is 110 cm³/mol. The third kappa shape index (κ3) is 4.29. The Morgan fingerprint density at radius 3 is 2.62 bits per heavy atom. The van der Waals surface area contributed by atoms with Gasteiger partial charge in [-0.3, -0.25) is 9.69 Å². The summed E-state index contributed by atoms with van der Waals surface area (Å²) in [6.07, 6.45) is 1.65. The molecule has 2 aromatic carbocycles. The number of carbonyl (C=O) groups excluding carboxylic acids is 1. The molecule has 2 N–H and O–H groups in total. The summed E-state index contributed by atoms with van der Waals surface area (Å²) in [5, 5.41) is 2.69. The molecule has 0 bridgehead atoms. The topological polar surface area (TPSA) is 87.7 Å². The molecule has 29 heavy (non-hydrogen) atoms. The van der Waals surface area contributed by atoms with Crippen LogP contribution < -0.4 is 14.8 Å². The number of anilines is 1. The number of sulfonamides is 1. The van der Waals surface area contributed by atoms with Crippen LogP contribution in [0.3, 0.4) is 0 Å². The van der Waals surface area contributed by atoms with Gasteiger partial charge in [-0.1, -0.05) is 30.3 Å². The van der Waals surface area contributed by atoms with E-state index >= 15 is 0 Å². The highest BCUT2D eigenvalue weighted by molar-refractivity contribution is 7.89. The first-order chi connectivity index (χ1) is 13.9. The van der Waals surface area contributed by atoms with E-state index in [0.717, 1.165) is 31.5 Å². The molecule has 0 saturated carbocycles. The summed E-state index contributed by atoms with van der Waals surface area (Å²) >= 11 is 0. The van der Waals surface area contributed by atoms with E-state index in [0.29, 0.717) is 11.4 Å². The SMILES string of the molecule is CC1Oc2ccc(S(=O)(=O)NCC(c3ccccc3)N3CCCC3)cc2NC1=O. The molecule has 2 unspecified atom stereocenters. The minimum atomic E-state index is -3.74. The molecule has 4 rings (SSSR count). The minimum absolute atomic E-state index is 0.0185. The third-order valence-electron chi connectivity index (χ3n) is 5.42. The summed E-state index contributed by atoms with van der Waals surface area (Å²) in [6.45, 7) is 3.85. The molecule has 2 aromatic rings. The van der Waals surface area contributed by atoms with Crippen LogP contribution in [0.25, 0.3) is 0 Å². The Kier molecular flexibility index (Phi) is 5.58. The van der Waals surface area contributed by atoms with E-state index in [1.54, 1.807) is 13.0 Å². The van der Waals surface area contributed by atoms with Crippen molar-refractivity contribution >= 4 is 21.6 Å². The molecular weight excluding hydrogens is 390 g/mol. The Morgan fingerprint density at radius 1 is 1.17 bits per heavy atom. The van der Waals surface area contributed by atoms with Crippen molar-refractivity contribution in [3.8, 4) is 5.75 Å². The second-order valence-electron chi connectivity index (χ2n) is 7.43. The maximum atomic E-state index is 12.9. The van der Waals surface area contributed by atoms with Crippen LogP contribution in [-0.2, 0) is 14.8 Å². The third-order valence-corrected chi connectivity index (χ3v) is 6.85. The van der Waals surface area contributed by atoms with Gasteiger partial charge in [0.25, 0.3) is 5.91 Å². The average molecular weight is 416 g/mol. The fraction of sp³-hybridized carbons (Fsp3) is 0.381. The number of fused-ring (bicyclic) bond motifs is 1. The number of nitrogens with zero attached hydrogens (tertiary/aromatic N) is 1. The molecule has 8 heteroatoms. The van der Waals surface area contributed by atoms with Crippen LogP contribution in [0.4, 0.5) is 5.69 Å². The van der Waals surface area contributed by atoms with Crippen molar-refractivity contribution < 1.29 is 17.9 Å². The van der Waals surface area contributed by atoms with Crippen molar-refractivity contribution in [3.05, 3.63) is 54.1 Å². The van der Waals surface area contributed by atoms with Gasteiger partial charge in [0.15, 0.2) is 6.10 Å². The average Bonchev–Trinajstić information content (AvgIpc) is 3.24. The molecule has 2 heterocycles. The monoisotopic (exact) mass is 415 g/mol. The molecule has 0 radical (unpaired) electrons. The van der Waals surface area contributed by atoms with Crippen molar-refractivity contribution in [2.24, 2.45) is 0 Å². The Bertz CT molecular complexity index is 988. The van der Waals surface area contributed by atoms with Gasteiger partial charge in [-0.25, -0.2) is 13.1 Å². The smallest absolute Gasteiger partial charge is 0.265 e. The summed E-state index contributed by atoms with van der Waals surface area (Å²) in [5.41, 5.74) is 1.47. The van der Waals surface area contributed by atoms with Gasteiger partial charge in [0.05, 0.1) is 10.6 Å². The summed E-state index contributed by atoms with van der Waals surface area (Å²) < 4.78 is 34.1. The number of ether oxygens (including phenoxy) is 1. The maximum Gasteiger partial charge on any atom is 0.265 e. The molecule has 0 aliphatic carbocycles. The lowest BCUT2D eigenvalue weighted by atomic mass is 10.1. The lowest BCUT2D eigenvalue weighted by Crippen LogP contribution is -2.37. The van der Waals surface area contributed by atoms with Gasteiger partial charge in [0.1, 0.15) is 5.75 Å². The molecule has 0 spiro atoms. The van der Waals surface area contributed by atoms with Crippen LogP contribution in [0.2, 0.25) is 0 Å². The van der Waals surface area contributed by atoms with E-state index in [-0.39, 0.29) is 23.4 Å². The normalized spacial score (nSPS) is 20.6. The molecular formula is C21H25N3O4S. The van der Waals surface area contributed by atoms with E-state index in [1.165, 1.54) is 12.1 Å². The number of hydrogen-bond acceptors (Lipinski definition) is 5. The lowest BCUT2D eigenvalue weighted by Gasteiger charge is -2.28. The second-order valence-corrected chi connectivity index (χ2v) is 9.20. The summed E-state index contributed by atoms with van der Waals surface area (Å²) in [6, 6.07) is 14.5. The first-order valence-corrected chi connectivity index (χ1v) is 11.3. The van der Waals surface area contributed by atoms with Crippen LogP contribution in [0.1, 0.15) is 31.4 Å². The molecule has 2 aliphatic rings. The van der Waals surface area contributed by atoms with Gasteiger partial charge in [-0.05, 0) is 56.6 Å². The predicted octanol–water partition coefficient (Wildman–Crippen LogP) is 2.52. The maximum absolute atomic E-state index is 12.9. The number of rotatable bonds is 6. The van der Waals surface area contributed by atoms with Gasteiger partial charge in [-0.15, -0.1) is 0 Å². The Morgan fingerprint density at radius 2 is 1.90 bits per heavy atom. The van der Waals surface area contributed by atoms with Crippen LogP contribution >= 0.6 is 0 Å². The van der Waals surface area contributed by atoms with E-state index in [4.69, 9.17) is 4.74 Å². The number of carbonyl (C=O) groups is 1. The van der Waals surface area contributed by atoms with Gasteiger partial charge in [-0.2, -0.15) is 0 Å². The van der Waals surface area contributed by atoms with Crippen molar-refractivity contribution in [2.45, 2.75) is 36.8 Å². The zero-order chi connectivity index (χ0) is 20.4. The quantitative estimate of drug-likeness (QED) is 0.757. The number of benzene rings is 2. The molecule has 1 amide bonds. The molecule has 2 atom stereocenters. The Balaban J connectivity index is 1.53. The number of amides is 1. The van der Waals surface area contributed by atoms with E-state index in [2.05, 4.69) is 14.9 Å². The molecule has 0 aromatic heterocycles. The molecule has 154 valence electrons. The standard InChI is InChI=1S/C21H25N3O4S/c1-15-21(25)23-18-13-17(9-10-20(18)28-15)29(26,27)22-14-19(24-11-5-6-12-24)16-7-3-2-4-8-16/h2-4,7-10,13,15,19,22H,5-6,11-12,14H2,1H3,(H,23,25). The van der Waals surface area contributed by atoms with Crippen molar-refractivity contribution in [3.63, 3.8) is 0 Å². The highest BCUT2D eigenvalue weighted by atomic mass is 32.2. The highest BCUT2D eigenvalue weighted by Gasteiger charge is 2.28. The second kappa shape index (κ2) is 8.14. The number of nitrogens with one attached hydrogen (secondary N) is 2. The van der Waals surface area contributed by atoms with E-state index in [9.17, 15) is 13.2 Å². The summed E-state index contributed by atoms with van der Waals surface area (Å²) in [4.78, 5) is 14.2.